The van der Waals surface area contributed by atoms with Crippen molar-refractivity contribution in [1.82, 2.24) is 10.3 Å². The highest BCUT2D eigenvalue weighted by Gasteiger charge is 2.22. The average molecular weight is 364 g/mol. The number of aromatic amines is 1. The number of esters is 1. The minimum Gasteiger partial charge on any atom is -0.465 e. The maximum atomic E-state index is 12.5. The third kappa shape index (κ3) is 3.66. The smallest absolute Gasteiger partial charge is 0.339 e. The number of nitrogens with one attached hydrogen (secondary N) is 3. The van der Waals surface area contributed by atoms with E-state index < -0.39 is 11.9 Å². The van der Waals surface area contributed by atoms with Crippen molar-refractivity contribution in [2.24, 2.45) is 0 Å². The van der Waals surface area contributed by atoms with Crippen LogP contribution in [0.15, 0.2) is 18.2 Å². The lowest BCUT2D eigenvalue weighted by Gasteiger charge is -2.08. The van der Waals surface area contributed by atoms with Crippen LogP contribution >= 0.6 is 11.6 Å². The largest absolute Gasteiger partial charge is 0.465 e. The van der Waals surface area contributed by atoms with E-state index in [0.29, 0.717) is 22.5 Å². The van der Waals surface area contributed by atoms with Gasteiger partial charge in [0.05, 0.1) is 23.3 Å². The lowest BCUT2D eigenvalue weighted by atomic mass is 10.1. The van der Waals surface area contributed by atoms with Gasteiger partial charge in [-0.2, -0.15) is 0 Å². The molecule has 1 aromatic carbocycles. The molecule has 1 aromatic heterocycles. The second-order valence-electron chi connectivity index (χ2n) is 5.34. The molecular weight excluding hydrogens is 346 g/mol. The molecule has 25 heavy (non-hydrogen) atoms. The molecule has 2 rings (SSSR count). The summed E-state index contributed by atoms with van der Waals surface area (Å²) in [6.45, 7) is 3.34. The predicted molar refractivity (Wildman–Crippen MR) is 94.4 cm³/mol. The molecule has 0 atom stereocenters. The zero-order valence-electron chi connectivity index (χ0n) is 14.2. The van der Waals surface area contributed by atoms with Gasteiger partial charge >= 0.3 is 5.97 Å². The fourth-order valence-electron chi connectivity index (χ4n) is 2.49. The number of hydrogen-bond donors (Lipinski definition) is 3. The molecule has 0 radical (unpaired) electrons. The lowest BCUT2D eigenvalue weighted by Crippen LogP contribution is -2.19. The summed E-state index contributed by atoms with van der Waals surface area (Å²) in [6.07, 6.45) is 0. The van der Waals surface area contributed by atoms with Crippen LogP contribution < -0.4 is 10.6 Å². The van der Waals surface area contributed by atoms with Crippen LogP contribution in [0.2, 0.25) is 5.02 Å². The van der Waals surface area contributed by atoms with Crippen molar-refractivity contribution in [3.05, 3.63) is 51.3 Å². The third-order valence-electron chi connectivity index (χ3n) is 3.75. The van der Waals surface area contributed by atoms with Crippen molar-refractivity contribution in [2.45, 2.75) is 13.8 Å². The van der Waals surface area contributed by atoms with Gasteiger partial charge in [-0.25, -0.2) is 4.79 Å². The van der Waals surface area contributed by atoms with E-state index in [-0.39, 0.29) is 22.2 Å². The maximum Gasteiger partial charge on any atom is 0.339 e. The molecule has 2 amide bonds. The molecule has 2 aromatic rings. The van der Waals surface area contributed by atoms with E-state index in [9.17, 15) is 14.4 Å². The molecule has 0 aliphatic rings. The Morgan fingerprint density at radius 3 is 2.44 bits per heavy atom. The van der Waals surface area contributed by atoms with Gasteiger partial charge in [-0.05, 0) is 37.6 Å². The van der Waals surface area contributed by atoms with Gasteiger partial charge in [0.1, 0.15) is 5.69 Å². The molecule has 132 valence electrons. The molecule has 7 nitrogen and oxygen atoms in total. The minimum absolute atomic E-state index is 0.245. The Balaban J connectivity index is 2.32. The number of halogens is 1. The maximum absolute atomic E-state index is 12.5. The van der Waals surface area contributed by atoms with Gasteiger partial charge in [0.15, 0.2) is 0 Å². The summed E-state index contributed by atoms with van der Waals surface area (Å²) >= 11 is 5.99. The van der Waals surface area contributed by atoms with Gasteiger partial charge in [0.2, 0.25) is 0 Å². The average Bonchev–Trinajstić information content (AvgIpc) is 2.89. The fourth-order valence-corrected chi connectivity index (χ4v) is 2.69. The van der Waals surface area contributed by atoms with Crippen molar-refractivity contribution >= 4 is 35.1 Å². The van der Waals surface area contributed by atoms with Gasteiger partial charge in [0, 0.05) is 18.4 Å². The van der Waals surface area contributed by atoms with Crippen LogP contribution in [0, 0.1) is 13.8 Å². The summed E-state index contributed by atoms with van der Waals surface area (Å²) in [5, 5.41) is 5.44. The summed E-state index contributed by atoms with van der Waals surface area (Å²) < 4.78 is 4.73. The number of benzene rings is 1. The molecular formula is C17H18ClN3O4. The monoisotopic (exact) mass is 363 g/mol. The molecule has 0 aliphatic carbocycles. The topological polar surface area (TPSA) is 100 Å². The summed E-state index contributed by atoms with van der Waals surface area (Å²) in [4.78, 5) is 39.0. The first-order valence-electron chi connectivity index (χ1n) is 7.40. The molecule has 0 unspecified atom stereocenters. The highest BCUT2D eigenvalue weighted by atomic mass is 35.5. The SMILES string of the molecule is CNC(=O)c1cc(NC(=O)c2[nH]c(C)c(C(=O)OC)c2C)ccc1Cl. The van der Waals surface area contributed by atoms with Gasteiger partial charge in [-0.1, -0.05) is 11.6 Å². The van der Waals surface area contributed by atoms with Crippen molar-refractivity contribution in [3.63, 3.8) is 0 Å². The summed E-state index contributed by atoms with van der Waals surface area (Å²) in [6, 6.07) is 4.58. The predicted octanol–water partition coefficient (Wildman–Crippen LogP) is 2.68. The number of aromatic nitrogens is 1. The van der Waals surface area contributed by atoms with Crippen LogP contribution in [0.5, 0.6) is 0 Å². The molecule has 0 aliphatic heterocycles. The Morgan fingerprint density at radius 1 is 1.16 bits per heavy atom. The molecule has 3 N–H and O–H groups in total. The lowest BCUT2D eigenvalue weighted by molar-refractivity contribution is 0.0599. The van der Waals surface area contributed by atoms with Gasteiger partial charge in [-0.15, -0.1) is 0 Å². The van der Waals surface area contributed by atoms with Crippen molar-refractivity contribution in [2.75, 3.05) is 19.5 Å². The van der Waals surface area contributed by atoms with Crippen LogP contribution in [-0.4, -0.2) is 36.9 Å². The first-order chi connectivity index (χ1) is 11.8. The van der Waals surface area contributed by atoms with E-state index in [1.54, 1.807) is 19.9 Å². The minimum atomic E-state index is -0.515. The highest BCUT2D eigenvalue weighted by Crippen LogP contribution is 2.23. The highest BCUT2D eigenvalue weighted by molar-refractivity contribution is 6.34. The second kappa shape index (κ2) is 7.40. The number of hydrogen-bond acceptors (Lipinski definition) is 4. The Bertz CT molecular complexity index is 858. The number of methoxy groups -OCH3 is 1. The zero-order valence-corrected chi connectivity index (χ0v) is 15.0. The molecule has 1 heterocycles. The van der Waals surface area contributed by atoms with E-state index in [2.05, 4.69) is 15.6 Å². The second-order valence-corrected chi connectivity index (χ2v) is 5.75. The van der Waals surface area contributed by atoms with Crippen molar-refractivity contribution in [1.29, 1.82) is 0 Å². The number of carbonyl (C=O) groups excluding carboxylic acids is 3. The molecule has 0 saturated heterocycles. The van der Waals surface area contributed by atoms with E-state index >= 15 is 0 Å². The Morgan fingerprint density at radius 2 is 1.84 bits per heavy atom. The Labute approximate surface area is 149 Å². The summed E-state index contributed by atoms with van der Waals surface area (Å²) in [7, 11) is 2.77. The number of anilines is 1. The third-order valence-corrected chi connectivity index (χ3v) is 4.08. The zero-order chi connectivity index (χ0) is 18.7. The quantitative estimate of drug-likeness (QED) is 0.727. The van der Waals surface area contributed by atoms with Gasteiger partial charge in [-0.3, -0.25) is 9.59 Å². The standard InChI is InChI=1S/C17H18ClN3O4/c1-8-13(17(24)25-4)9(2)20-14(8)16(23)21-10-5-6-12(18)11(7-10)15(22)19-3/h5-7,20H,1-4H3,(H,19,22)(H,21,23). The first-order valence-corrected chi connectivity index (χ1v) is 7.78. The number of carbonyl (C=O) groups is 3. The van der Waals surface area contributed by atoms with Crippen molar-refractivity contribution < 1.29 is 19.1 Å². The Hall–Kier alpha value is -2.80. The number of H-pyrrole nitrogens is 1. The van der Waals surface area contributed by atoms with Crippen LogP contribution in [-0.2, 0) is 4.74 Å². The number of aryl methyl sites for hydroxylation is 1. The summed E-state index contributed by atoms with van der Waals surface area (Å²) in [5.41, 5.74) is 2.25. The van der Waals surface area contributed by atoms with E-state index in [4.69, 9.17) is 16.3 Å². The summed E-state index contributed by atoms with van der Waals surface area (Å²) in [5.74, 6) is -1.32. The van der Waals surface area contributed by atoms with Crippen LogP contribution in [0.3, 0.4) is 0 Å². The molecule has 0 spiro atoms. The molecule has 0 saturated carbocycles. The normalized spacial score (nSPS) is 10.3. The van der Waals surface area contributed by atoms with E-state index in [0.717, 1.165) is 0 Å². The number of rotatable bonds is 4. The molecule has 0 bridgehead atoms. The number of ether oxygens (including phenoxy) is 1. The van der Waals surface area contributed by atoms with Crippen molar-refractivity contribution in [3.8, 4) is 0 Å². The van der Waals surface area contributed by atoms with Gasteiger partial charge in [0.25, 0.3) is 11.8 Å². The van der Waals surface area contributed by atoms with Crippen LogP contribution in [0.1, 0.15) is 42.5 Å². The van der Waals surface area contributed by atoms with Crippen LogP contribution in [0.4, 0.5) is 5.69 Å². The van der Waals surface area contributed by atoms with E-state index in [1.807, 2.05) is 0 Å². The van der Waals surface area contributed by atoms with Gasteiger partial charge < -0.3 is 20.4 Å². The Kier molecular flexibility index (Phi) is 5.48. The van der Waals surface area contributed by atoms with E-state index in [1.165, 1.54) is 26.3 Å². The fraction of sp³-hybridized carbons (Fsp3) is 0.235. The first kappa shape index (κ1) is 18.5. The van der Waals surface area contributed by atoms with Crippen LogP contribution in [0.25, 0.3) is 0 Å². The molecule has 8 heteroatoms. The molecule has 0 fully saturated rings. The number of amides is 2.